The van der Waals surface area contributed by atoms with E-state index >= 15 is 0 Å². The fourth-order valence-electron chi connectivity index (χ4n) is 4.52. The van der Waals surface area contributed by atoms with E-state index in [9.17, 15) is 16.9 Å². The van der Waals surface area contributed by atoms with Gasteiger partial charge in [-0.05, 0) is 99.9 Å². The van der Waals surface area contributed by atoms with E-state index in [1.54, 1.807) is 0 Å². The van der Waals surface area contributed by atoms with Gasteiger partial charge in [-0.25, -0.2) is 0 Å². The molecule has 0 fully saturated rings. The van der Waals surface area contributed by atoms with E-state index in [2.05, 4.69) is 118 Å². The van der Waals surface area contributed by atoms with Crippen LogP contribution in [0, 0.1) is 18.0 Å². The molecule has 2 rings (SSSR count). The number of rotatable bonds is 8. The van der Waals surface area contributed by atoms with Crippen LogP contribution in [0.1, 0.15) is 82.1 Å². The van der Waals surface area contributed by atoms with Gasteiger partial charge in [-0.15, -0.1) is 0 Å². The van der Waals surface area contributed by atoms with Crippen LogP contribution in [0.2, 0.25) is 0 Å². The van der Waals surface area contributed by atoms with Crippen LogP contribution in [-0.2, 0) is 0 Å². The Hall–Kier alpha value is -0.832. The number of hydrogen-bond donors (Lipinski definition) is 0. The first kappa shape index (κ1) is 35.2. The summed E-state index contributed by atoms with van der Waals surface area (Å²) in [6.45, 7) is 22.2. The first-order chi connectivity index (χ1) is 16.5. The molecule has 0 amide bonds. The van der Waals surface area contributed by atoms with Gasteiger partial charge in [-0.1, -0.05) is 41.5 Å². The number of hydrogen-bond acceptors (Lipinski definition) is 2. The Morgan fingerprint density at radius 2 is 0.763 bits per heavy atom. The van der Waals surface area contributed by atoms with Crippen molar-refractivity contribution in [1.29, 1.82) is 0 Å². The maximum atomic E-state index is 9.93. The zero-order valence-corrected chi connectivity index (χ0v) is 28.7. The van der Waals surface area contributed by atoms with E-state index in [1.165, 1.54) is 7.14 Å². The summed E-state index contributed by atoms with van der Waals surface area (Å²) in [5.74, 6) is 1.90. The van der Waals surface area contributed by atoms with E-state index in [-0.39, 0.29) is 43.2 Å². The van der Waals surface area contributed by atoms with E-state index in [0.29, 0.717) is 0 Å². The SMILES string of the molecule is CC(C)(C)CC(C)(C)Oc1ccc([I+]c2ccc(OC(C)(C)CC(C)(C)C)cc2)cc1.[F][Sb-]([F])([F])([F])([F])[F]. The molecular formula is C28H42F6IO2Sb. The van der Waals surface area contributed by atoms with Crippen molar-refractivity contribution in [2.24, 2.45) is 10.8 Å². The Morgan fingerprint density at radius 1 is 0.526 bits per heavy atom. The van der Waals surface area contributed by atoms with Gasteiger partial charge in [-0.2, -0.15) is 0 Å². The van der Waals surface area contributed by atoms with Gasteiger partial charge >= 0.3 is 57.6 Å². The van der Waals surface area contributed by atoms with Gasteiger partial charge in [-0.3, -0.25) is 0 Å². The monoisotopic (exact) mass is 772 g/mol. The van der Waals surface area contributed by atoms with Crippen LogP contribution >= 0.6 is 0 Å². The van der Waals surface area contributed by atoms with Crippen LogP contribution in [0.4, 0.5) is 16.9 Å². The van der Waals surface area contributed by atoms with Gasteiger partial charge in [0.05, 0.1) is 0 Å². The standard InChI is InChI=1S/C28H42IO2.6FH.Sb/c1-25(2,3)19-27(7,8)30-23-15-11-21(12-16-23)29-22-13-17-24(18-14-22)31-28(9,10)20-26(4,5)6;;;;;;;/h11-18H,19-20H2,1-10H3;6*1H;/q+1;;;;;;;+5/p-6. The molecule has 38 heavy (non-hydrogen) atoms. The molecule has 0 radical (unpaired) electrons. The molecule has 0 saturated heterocycles. The molecule has 0 aliphatic heterocycles. The van der Waals surface area contributed by atoms with Crippen molar-refractivity contribution in [2.75, 3.05) is 0 Å². The molecule has 0 saturated carbocycles. The van der Waals surface area contributed by atoms with Gasteiger partial charge in [0.1, 0.15) is 22.7 Å². The van der Waals surface area contributed by atoms with Gasteiger partial charge < -0.3 is 9.47 Å². The molecule has 0 atom stereocenters. The van der Waals surface area contributed by atoms with E-state index in [0.717, 1.165) is 24.3 Å². The normalized spacial score (nSPS) is 15.1. The molecule has 220 valence electrons. The molecule has 0 N–H and O–H groups in total. The number of halogens is 7. The Labute approximate surface area is 237 Å². The Bertz CT molecular complexity index is 952. The average Bonchev–Trinajstić information content (AvgIpc) is 2.57. The topological polar surface area (TPSA) is 18.5 Å². The van der Waals surface area contributed by atoms with E-state index in [4.69, 9.17) is 9.47 Å². The van der Waals surface area contributed by atoms with Crippen molar-refractivity contribution in [3.8, 4) is 11.5 Å². The third-order valence-electron chi connectivity index (χ3n) is 4.55. The molecule has 0 bridgehead atoms. The average molecular weight is 773 g/mol. The van der Waals surface area contributed by atoms with Crippen LogP contribution in [0.5, 0.6) is 11.5 Å². The van der Waals surface area contributed by atoms with Crippen molar-refractivity contribution < 1.29 is 47.6 Å². The Morgan fingerprint density at radius 3 is 0.974 bits per heavy atom. The molecule has 10 heteroatoms. The zero-order chi connectivity index (χ0) is 29.9. The third-order valence-corrected chi connectivity index (χ3v) is 7.23. The zero-order valence-electron chi connectivity index (χ0n) is 23.9. The molecule has 0 aliphatic carbocycles. The predicted molar refractivity (Wildman–Crippen MR) is 140 cm³/mol. The summed E-state index contributed by atoms with van der Waals surface area (Å²) in [4.78, 5) is 0. The van der Waals surface area contributed by atoms with Gasteiger partial charge in [0.2, 0.25) is 0 Å². The summed E-state index contributed by atoms with van der Waals surface area (Å²) in [5, 5.41) is 0. The molecule has 2 aromatic carbocycles. The molecule has 0 spiro atoms. The van der Waals surface area contributed by atoms with Crippen LogP contribution in [0.25, 0.3) is 0 Å². The molecule has 0 heterocycles. The summed E-state index contributed by atoms with van der Waals surface area (Å²) in [7, 11) is 0. The van der Waals surface area contributed by atoms with Crippen LogP contribution < -0.4 is 30.7 Å². The van der Waals surface area contributed by atoms with Crippen molar-refractivity contribution in [3.63, 3.8) is 0 Å². The van der Waals surface area contributed by atoms with Gasteiger partial charge in [0, 0.05) is 0 Å². The van der Waals surface area contributed by atoms with Crippen molar-refractivity contribution in [3.05, 3.63) is 55.7 Å². The number of ether oxygens (including phenoxy) is 2. The molecular weight excluding hydrogens is 731 g/mol. The minimum absolute atomic E-state index is 0.175. The summed E-state index contributed by atoms with van der Waals surface area (Å²) < 4.78 is 74.9. The fourth-order valence-corrected chi connectivity index (χ4v) is 6.68. The summed E-state index contributed by atoms with van der Waals surface area (Å²) in [6.07, 6.45) is 2.02. The molecule has 0 aliphatic rings. The van der Waals surface area contributed by atoms with Gasteiger partial charge in [0.25, 0.3) is 0 Å². The summed E-state index contributed by atoms with van der Waals surface area (Å²) >= 11 is -11.5. The second kappa shape index (κ2) is 11.2. The third kappa shape index (κ3) is 20.1. The van der Waals surface area contributed by atoms with Crippen LogP contribution in [0.15, 0.2) is 48.5 Å². The summed E-state index contributed by atoms with van der Waals surface area (Å²) in [6, 6.07) is 17.3. The van der Waals surface area contributed by atoms with Crippen molar-refractivity contribution >= 4 is 19.5 Å². The fraction of sp³-hybridized carbons (Fsp3) is 0.571. The van der Waals surface area contributed by atoms with Crippen LogP contribution in [0.3, 0.4) is 0 Å². The Balaban J connectivity index is 0.000000905. The molecule has 2 nitrogen and oxygen atoms in total. The van der Waals surface area contributed by atoms with E-state index < -0.39 is 19.5 Å². The molecule has 2 aromatic rings. The van der Waals surface area contributed by atoms with Crippen molar-refractivity contribution in [2.45, 2.75) is 93.3 Å². The van der Waals surface area contributed by atoms with Crippen LogP contribution in [-0.4, -0.2) is 30.7 Å². The summed E-state index contributed by atoms with van der Waals surface area (Å²) in [5.41, 5.74) is 0.135. The quantitative estimate of drug-likeness (QED) is 0.162. The van der Waals surface area contributed by atoms with Gasteiger partial charge in [0.15, 0.2) is 7.14 Å². The number of benzene rings is 2. The second-order valence-corrected chi connectivity index (χ2v) is 21.7. The molecule has 0 unspecified atom stereocenters. The van der Waals surface area contributed by atoms with Crippen molar-refractivity contribution in [1.82, 2.24) is 0 Å². The molecule has 0 aromatic heterocycles. The minimum atomic E-state index is -11.2. The first-order valence-corrected chi connectivity index (χ1v) is 20.2. The second-order valence-electron chi connectivity index (χ2n) is 13.2. The predicted octanol–water partition coefficient (Wildman–Crippen LogP) is 7.14. The Kier molecular flexibility index (Phi) is 10.4. The first-order valence-electron chi connectivity index (χ1n) is 12.3. The van der Waals surface area contributed by atoms with E-state index in [1.807, 2.05) is 0 Å². The maximum absolute atomic E-state index is 11.2.